The zero-order valence-corrected chi connectivity index (χ0v) is 13.2. The molecule has 2 aromatic carbocycles. The fraction of sp³-hybridized carbons (Fsp3) is 0.188. The fourth-order valence-corrected chi connectivity index (χ4v) is 2.06. The summed E-state index contributed by atoms with van der Waals surface area (Å²) >= 11 is 0. The van der Waals surface area contributed by atoms with Gasteiger partial charge in [0.1, 0.15) is 0 Å². The molecule has 0 radical (unpaired) electrons. The quantitative estimate of drug-likeness (QED) is 0.276. The number of hydrazone groups is 1. The number of halogens is 3. The first-order valence-corrected chi connectivity index (χ1v) is 7.32. The van der Waals surface area contributed by atoms with E-state index in [4.69, 9.17) is 16.7 Å². The van der Waals surface area contributed by atoms with E-state index >= 15 is 0 Å². The summed E-state index contributed by atoms with van der Waals surface area (Å²) in [5, 5.41) is 16.8. The van der Waals surface area contributed by atoms with E-state index in [0.717, 1.165) is 17.3 Å². The number of anilines is 2. The first-order valence-electron chi connectivity index (χ1n) is 7.32. The number of nitrogens with one attached hydrogen (secondary N) is 1. The molecule has 0 atom stereocenters. The Kier molecular flexibility index (Phi) is 5.84. The summed E-state index contributed by atoms with van der Waals surface area (Å²) in [6, 6.07) is 11.5. The van der Waals surface area contributed by atoms with Crippen LogP contribution in [-0.2, 0) is 6.18 Å². The molecule has 0 amide bonds. The van der Waals surface area contributed by atoms with Crippen LogP contribution in [0, 0.1) is 0 Å². The van der Waals surface area contributed by atoms with Gasteiger partial charge in [0, 0.05) is 16.9 Å². The second-order valence-electron chi connectivity index (χ2n) is 5.12. The van der Waals surface area contributed by atoms with Crippen molar-refractivity contribution >= 4 is 17.2 Å². The first-order chi connectivity index (χ1) is 11.8. The van der Waals surface area contributed by atoms with Crippen molar-refractivity contribution in [3.05, 3.63) is 59.7 Å². The molecular formula is C16H18F3N5O. The summed E-state index contributed by atoms with van der Waals surface area (Å²) < 4.78 is 37.8. The van der Waals surface area contributed by atoms with E-state index in [9.17, 15) is 13.2 Å². The zero-order chi connectivity index (χ0) is 18.4. The molecule has 0 heterocycles. The normalized spacial score (nSPS) is 12.1. The summed E-state index contributed by atoms with van der Waals surface area (Å²) in [6.45, 7) is -0.0755. The third-order valence-electron chi connectivity index (χ3n) is 3.26. The van der Waals surface area contributed by atoms with Crippen LogP contribution in [0.4, 0.5) is 24.5 Å². The van der Waals surface area contributed by atoms with Gasteiger partial charge in [-0.2, -0.15) is 13.2 Å². The molecule has 2 aromatic rings. The van der Waals surface area contributed by atoms with E-state index < -0.39 is 11.7 Å². The maximum absolute atomic E-state index is 12.6. The second kappa shape index (κ2) is 7.86. The number of benzene rings is 2. The van der Waals surface area contributed by atoms with Crippen LogP contribution in [0.15, 0.2) is 53.6 Å². The molecule has 9 heteroatoms. The van der Waals surface area contributed by atoms with Gasteiger partial charge in [0.2, 0.25) is 0 Å². The highest BCUT2D eigenvalue weighted by atomic mass is 19.4. The smallest absolute Gasteiger partial charge is 0.394 e. The molecule has 0 bridgehead atoms. The standard InChI is InChI=1S/C16H18F3N5O/c17-16(18,19)11-5-7-12(8-6-11)22-14-4-2-1-3-13(14)15(20)23-24(21)9-10-25/h1-8,22,25H,9-10,21H2,(H2,20,23). The highest BCUT2D eigenvalue weighted by molar-refractivity contribution is 6.02. The highest BCUT2D eigenvalue weighted by Gasteiger charge is 2.29. The molecule has 0 unspecified atom stereocenters. The van der Waals surface area contributed by atoms with Crippen molar-refractivity contribution < 1.29 is 18.3 Å². The van der Waals surface area contributed by atoms with Crippen LogP contribution in [0.3, 0.4) is 0 Å². The van der Waals surface area contributed by atoms with E-state index in [1.54, 1.807) is 24.3 Å². The number of amidine groups is 1. The van der Waals surface area contributed by atoms with Gasteiger partial charge in [0.15, 0.2) is 5.84 Å². The van der Waals surface area contributed by atoms with Gasteiger partial charge < -0.3 is 16.2 Å². The average Bonchev–Trinajstić information content (AvgIpc) is 2.55. The van der Waals surface area contributed by atoms with Crippen molar-refractivity contribution in [3.63, 3.8) is 0 Å². The van der Waals surface area contributed by atoms with Gasteiger partial charge in [-0.25, -0.2) is 11.0 Å². The molecule has 0 saturated carbocycles. The van der Waals surface area contributed by atoms with Gasteiger partial charge in [0.25, 0.3) is 0 Å². The third-order valence-corrected chi connectivity index (χ3v) is 3.26. The minimum Gasteiger partial charge on any atom is -0.394 e. The lowest BCUT2D eigenvalue weighted by Crippen LogP contribution is -2.32. The number of nitrogens with two attached hydrogens (primary N) is 2. The molecule has 0 aromatic heterocycles. The number of aliphatic hydroxyl groups is 1. The van der Waals surface area contributed by atoms with Crippen LogP contribution in [0.1, 0.15) is 11.1 Å². The predicted molar refractivity (Wildman–Crippen MR) is 89.9 cm³/mol. The molecule has 0 spiro atoms. The zero-order valence-electron chi connectivity index (χ0n) is 13.2. The van der Waals surface area contributed by atoms with Gasteiger partial charge >= 0.3 is 6.18 Å². The Balaban J connectivity index is 2.23. The molecule has 134 valence electrons. The van der Waals surface area contributed by atoms with Gasteiger partial charge in [0.05, 0.1) is 18.7 Å². The predicted octanol–water partition coefficient (Wildman–Crippen LogP) is 2.24. The Labute approximate surface area is 142 Å². The van der Waals surface area contributed by atoms with Crippen molar-refractivity contribution in [2.45, 2.75) is 6.18 Å². The van der Waals surface area contributed by atoms with Crippen LogP contribution in [0.2, 0.25) is 0 Å². The number of nitrogens with zero attached hydrogens (tertiary/aromatic N) is 2. The first kappa shape index (κ1) is 18.6. The van der Waals surface area contributed by atoms with Gasteiger partial charge in [-0.05, 0) is 36.4 Å². The number of alkyl halides is 3. The van der Waals surface area contributed by atoms with E-state index in [2.05, 4.69) is 10.4 Å². The minimum absolute atomic E-state index is 0.103. The van der Waals surface area contributed by atoms with Crippen molar-refractivity contribution in [2.75, 3.05) is 18.5 Å². The summed E-state index contributed by atoms with van der Waals surface area (Å²) in [5.74, 6) is 5.66. The number of aliphatic hydroxyl groups excluding tert-OH is 1. The minimum atomic E-state index is -4.38. The fourth-order valence-electron chi connectivity index (χ4n) is 2.06. The van der Waals surface area contributed by atoms with Crippen molar-refractivity contribution in [2.24, 2.45) is 16.7 Å². The van der Waals surface area contributed by atoms with E-state index in [1.165, 1.54) is 12.1 Å². The summed E-state index contributed by atoms with van der Waals surface area (Å²) in [7, 11) is 0. The number of hydrazine groups is 1. The molecular weight excluding hydrogens is 335 g/mol. The molecule has 6 nitrogen and oxygen atoms in total. The van der Waals surface area contributed by atoms with Crippen LogP contribution in [0.25, 0.3) is 0 Å². The second-order valence-corrected chi connectivity index (χ2v) is 5.12. The maximum Gasteiger partial charge on any atom is 0.416 e. The lowest BCUT2D eigenvalue weighted by molar-refractivity contribution is -0.137. The number of rotatable bonds is 6. The Morgan fingerprint density at radius 2 is 1.76 bits per heavy atom. The third kappa shape index (κ3) is 5.10. The highest BCUT2D eigenvalue weighted by Crippen LogP contribution is 2.30. The van der Waals surface area contributed by atoms with Gasteiger partial charge in [-0.1, -0.05) is 12.1 Å². The molecule has 0 aliphatic carbocycles. The average molecular weight is 353 g/mol. The lowest BCUT2D eigenvalue weighted by Gasteiger charge is -2.15. The van der Waals surface area contributed by atoms with E-state index in [-0.39, 0.29) is 19.0 Å². The monoisotopic (exact) mass is 353 g/mol. The van der Waals surface area contributed by atoms with E-state index in [0.29, 0.717) is 16.9 Å². The Bertz CT molecular complexity index is 731. The van der Waals surface area contributed by atoms with Crippen molar-refractivity contribution in [3.8, 4) is 0 Å². The summed E-state index contributed by atoms with van der Waals surface area (Å²) in [6.07, 6.45) is -4.38. The van der Waals surface area contributed by atoms with Crippen molar-refractivity contribution in [1.82, 2.24) is 5.12 Å². The summed E-state index contributed by atoms with van der Waals surface area (Å²) in [5.41, 5.74) is 6.74. The lowest BCUT2D eigenvalue weighted by atomic mass is 10.1. The molecule has 2 rings (SSSR count). The Morgan fingerprint density at radius 1 is 1.12 bits per heavy atom. The molecule has 25 heavy (non-hydrogen) atoms. The molecule has 0 aliphatic heterocycles. The van der Waals surface area contributed by atoms with Crippen LogP contribution < -0.4 is 16.9 Å². The topological polar surface area (TPSA) is 99.9 Å². The molecule has 0 saturated heterocycles. The Hall–Kier alpha value is -2.78. The number of hydrogen-bond acceptors (Lipinski definition) is 5. The molecule has 6 N–H and O–H groups in total. The Morgan fingerprint density at radius 3 is 2.36 bits per heavy atom. The molecule has 0 aliphatic rings. The number of hydrogen-bond donors (Lipinski definition) is 4. The molecule has 0 fully saturated rings. The van der Waals surface area contributed by atoms with Gasteiger partial charge in [-0.3, -0.25) is 0 Å². The van der Waals surface area contributed by atoms with Crippen LogP contribution >= 0.6 is 0 Å². The number of para-hydroxylation sites is 1. The largest absolute Gasteiger partial charge is 0.416 e. The van der Waals surface area contributed by atoms with Crippen LogP contribution in [-0.4, -0.2) is 29.2 Å². The van der Waals surface area contributed by atoms with Crippen molar-refractivity contribution in [1.29, 1.82) is 0 Å². The SMILES string of the molecule is N/C(=N\N(N)CCO)c1ccccc1Nc1ccc(C(F)(F)F)cc1. The summed E-state index contributed by atoms with van der Waals surface area (Å²) in [4.78, 5) is 0. The van der Waals surface area contributed by atoms with Crippen LogP contribution in [0.5, 0.6) is 0 Å². The van der Waals surface area contributed by atoms with E-state index in [1.807, 2.05) is 0 Å². The maximum atomic E-state index is 12.6. The van der Waals surface area contributed by atoms with Gasteiger partial charge in [-0.15, -0.1) is 5.10 Å².